The Balaban J connectivity index is 1.88. The van der Waals surface area contributed by atoms with E-state index >= 15 is 0 Å². The summed E-state index contributed by atoms with van der Waals surface area (Å²) in [6.07, 6.45) is 2.77. The summed E-state index contributed by atoms with van der Waals surface area (Å²) in [5.74, 6) is -2.54. The fourth-order valence-corrected chi connectivity index (χ4v) is 3.64. The zero-order chi connectivity index (χ0) is 16.4. The molecule has 0 aliphatic rings. The minimum absolute atomic E-state index is 0.0486. The number of aromatic nitrogens is 1. The molecule has 0 radical (unpaired) electrons. The van der Waals surface area contributed by atoms with Crippen LogP contribution in [-0.4, -0.2) is 16.6 Å². The van der Waals surface area contributed by atoms with E-state index in [9.17, 15) is 14.9 Å². The van der Waals surface area contributed by atoms with Crippen molar-refractivity contribution in [3.63, 3.8) is 0 Å². The summed E-state index contributed by atoms with van der Waals surface area (Å²) < 4.78 is 5.10. The summed E-state index contributed by atoms with van der Waals surface area (Å²) in [4.78, 5) is 29.3. The van der Waals surface area contributed by atoms with Gasteiger partial charge in [0.1, 0.15) is 5.01 Å². The molecule has 5 nitrogen and oxygen atoms in total. The van der Waals surface area contributed by atoms with Gasteiger partial charge in [-0.15, -0.1) is 11.3 Å². The summed E-state index contributed by atoms with van der Waals surface area (Å²) in [6, 6.07) is 5.30. The minimum atomic E-state index is -1.42. The molecule has 0 saturated carbocycles. The van der Waals surface area contributed by atoms with Crippen LogP contribution in [0.5, 0.6) is 0 Å². The van der Waals surface area contributed by atoms with Crippen molar-refractivity contribution in [3.8, 4) is 16.6 Å². The molecule has 23 heavy (non-hydrogen) atoms. The average molecular weight is 342 g/mol. The number of nitrogens with zero attached hydrogens (tertiary/aromatic N) is 2. The summed E-state index contributed by atoms with van der Waals surface area (Å²) in [6.45, 7) is 1.69. The van der Waals surface area contributed by atoms with Crippen LogP contribution in [0.4, 0.5) is 0 Å². The number of thiazole rings is 1. The third kappa shape index (κ3) is 2.86. The van der Waals surface area contributed by atoms with Gasteiger partial charge in [-0.25, -0.2) is 4.98 Å². The van der Waals surface area contributed by atoms with Crippen molar-refractivity contribution in [1.29, 1.82) is 5.26 Å². The summed E-state index contributed by atoms with van der Waals surface area (Å²) >= 11 is 2.70. The Hall–Kier alpha value is -2.56. The third-order valence-corrected chi connectivity index (χ3v) is 5.00. The van der Waals surface area contributed by atoms with E-state index in [0.29, 0.717) is 10.6 Å². The van der Waals surface area contributed by atoms with Crippen LogP contribution < -0.4 is 0 Å². The molecule has 0 bridgehead atoms. The Kier molecular flexibility index (Phi) is 4.19. The number of carbonyl (C=O) groups excluding carboxylic acids is 2. The molecule has 0 N–H and O–H groups in total. The van der Waals surface area contributed by atoms with Crippen molar-refractivity contribution in [1.82, 2.24) is 4.98 Å². The summed E-state index contributed by atoms with van der Waals surface area (Å²) in [5.41, 5.74) is 1.52. The molecule has 0 saturated heterocycles. The fourth-order valence-electron chi connectivity index (χ4n) is 2.04. The molecule has 114 valence electrons. The molecule has 0 amide bonds. The van der Waals surface area contributed by atoms with Crippen molar-refractivity contribution >= 4 is 34.2 Å². The van der Waals surface area contributed by atoms with Gasteiger partial charge in [-0.1, -0.05) is 0 Å². The van der Waals surface area contributed by atoms with Crippen LogP contribution in [-0.2, 0) is 0 Å². The van der Waals surface area contributed by atoms with Crippen LogP contribution in [0, 0.1) is 24.2 Å². The van der Waals surface area contributed by atoms with Crippen LogP contribution in [0.25, 0.3) is 10.6 Å². The number of hydrogen-bond acceptors (Lipinski definition) is 7. The number of nitriles is 1. The Morgan fingerprint density at radius 3 is 2.78 bits per heavy atom. The SMILES string of the molecule is Cc1ccoc1C(=O)[C@@H](C#N)C(=O)c1cnc(-c2ccsc2)s1. The van der Waals surface area contributed by atoms with Crippen molar-refractivity contribution in [3.05, 3.63) is 51.6 Å². The van der Waals surface area contributed by atoms with Gasteiger partial charge in [-0.2, -0.15) is 16.6 Å². The van der Waals surface area contributed by atoms with Crippen LogP contribution >= 0.6 is 22.7 Å². The van der Waals surface area contributed by atoms with Gasteiger partial charge in [0.15, 0.2) is 17.5 Å². The minimum Gasteiger partial charge on any atom is -0.461 e. The molecule has 3 aromatic heterocycles. The first-order valence-corrected chi connectivity index (χ1v) is 8.38. The number of hydrogen-bond donors (Lipinski definition) is 0. The van der Waals surface area contributed by atoms with Gasteiger partial charge in [0.2, 0.25) is 5.78 Å². The number of rotatable bonds is 5. The smallest absolute Gasteiger partial charge is 0.223 e. The molecule has 0 unspecified atom stereocenters. The molecule has 3 aromatic rings. The lowest BCUT2D eigenvalue weighted by Gasteiger charge is -2.04. The Morgan fingerprint density at radius 1 is 1.35 bits per heavy atom. The maximum Gasteiger partial charge on any atom is 0.223 e. The first-order valence-electron chi connectivity index (χ1n) is 6.62. The van der Waals surface area contributed by atoms with Gasteiger partial charge in [0.25, 0.3) is 0 Å². The molecule has 3 heterocycles. The lowest BCUT2D eigenvalue weighted by atomic mass is 9.97. The molecular formula is C16H10N2O3S2. The predicted octanol–water partition coefficient (Wildman–Crippen LogP) is 3.98. The number of ketones is 2. The van der Waals surface area contributed by atoms with Crippen molar-refractivity contribution in [2.75, 3.05) is 0 Å². The van der Waals surface area contributed by atoms with Gasteiger partial charge in [0.05, 0.1) is 17.2 Å². The fraction of sp³-hybridized carbons (Fsp3) is 0.125. The Bertz CT molecular complexity index is 900. The molecule has 0 aliphatic carbocycles. The monoisotopic (exact) mass is 342 g/mol. The van der Waals surface area contributed by atoms with Gasteiger partial charge < -0.3 is 4.42 Å². The maximum atomic E-state index is 12.5. The van der Waals surface area contributed by atoms with E-state index in [1.165, 1.54) is 35.1 Å². The lowest BCUT2D eigenvalue weighted by molar-refractivity contribution is 0.0830. The number of carbonyl (C=O) groups is 2. The van der Waals surface area contributed by atoms with E-state index in [0.717, 1.165) is 5.56 Å². The average Bonchev–Trinajstić information content (AvgIpc) is 3.28. The third-order valence-electron chi connectivity index (χ3n) is 3.26. The molecule has 0 aromatic carbocycles. The Labute approximate surface area is 139 Å². The van der Waals surface area contributed by atoms with Crippen LogP contribution in [0.2, 0.25) is 0 Å². The van der Waals surface area contributed by atoms with Gasteiger partial charge in [0, 0.05) is 17.1 Å². The van der Waals surface area contributed by atoms with Gasteiger partial charge in [-0.05, 0) is 30.0 Å². The molecule has 0 spiro atoms. The lowest BCUT2D eigenvalue weighted by Crippen LogP contribution is -2.22. The maximum absolute atomic E-state index is 12.5. The van der Waals surface area contributed by atoms with Gasteiger partial charge >= 0.3 is 0 Å². The molecule has 1 atom stereocenters. The molecular weight excluding hydrogens is 332 g/mol. The summed E-state index contributed by atoms with van der Waals surface area (Å²) in [7, 11) is 0. The molecule has 0 fully saturated rings. The number of thiophene rings is 1. The second-order valence-electron chi connectivity index (χ2n) is 4.77. The first-order chi connectivity index (χ1) is 11.1. The largest absolute Gasteiger partial charge is 0.461 e. The van der Waals surface area contributed by atoms with E-state index in [2.05, 4.69) is 4.98 Å². The van der Waals surface area contributed by atoms with Gasteiger partial charge in [-0.3, -0.25) is 9.59 Å². The van der Waals surface area contributed by atoms with E-state index in [1.807, 2.05) is 16.8 Å². The highest BCUT2D eigenvalue weighted by atomic mass is 32.1. The van der Waals surface area contributed by atoms with Crippen molar-refractivity contribution < 1.29 is 14.0 Å². The second-order valence-corrected chi connectivity index (χ2v) is 6.58. The van der Waals surface area contributed by atoms with E-state index in [4.69, 9.17) is 4.42 Å². The number of furan rings is 1. The molecule has 0 aliphatic heterocycles. The Morgan fingerprint density at radius 2 is 2.17 bits per heavy atom. The summed E-state index contributed by atoms with van der Waals surface area (Å²) in [5, 5.41) is 13.8. The van der Waals surface area contributed by atoms with Crippen LogP contribution in [0.3, 0.4) is 0 Å². The topological polar surface area (TPSA) is 84.0 Å². The van der Waals surface area contributed by atoms with Crippen molar-refractivity contribution in [2.45, 2.75) is 6.92 Å². The second kappa shape index (κ2) is 6.28. The van der Waals surface area contributed by atoms with Crippen LogP contribution in [0.15, 0.2) is 39.8 Å². The quantitative estimate of drug-likeness (QED) is 0.517. The van der Waals surface area contributed by atoms with Crippen molar-refractivity contribution in [2.24, 2.45) is 5.92 Å². The predicted molar refractivity (Wildman–Crippen MR) is 86.6 cm³/mol. The first kappa shape index (κ1) is 15.3. The normalized spacial score (nSPS) is 11.8. The molecule has 3 rings (SSSR count). The van der Waals surface area contributed by atoms with E-state index in [1.54, 1.807) is 19.1 Å². The number of Topliss-reactive ketones (excluding diaryl/α,β-unsaturated/α-hetero) is 2. The standard InChI is InChI=1S/C16H10N2O3S2/c1-9-2-4-21-15(9)14(20)11(6-17)13(19)12-7-18-16(23-12)10-3-5-22-8-10/h2-5,7-8,11H,1H3/t11-/m0/s1. The van der Waals surface area contributed by atoms with E-state index < -0.39 is 17.5 Å². The molecule has 7 heteroatoms. The zero-order valence-electron chi connectivity index (χ0n) is 12.0. The number of aryl methyl sites for hydroxylation is 1. The zero-order valence-corrected chi connectivity index (χ0v) is 13.6. The van der Waals surface area contributed by atoms with E-state index in [-0.39, 0.29) is 10.6 Å². The highest BCUT2D eigenvalue weighted by Gasteiger charge is 2.32. The van der Waals surface area contributed by atoms with Crippen LogP contribution in [0.1, 0.15) is 25.8 Å². The highest BCUT2D eigenvalue weighted by Crippen LogP contribution is 2.29. The highest BCUT2D eigenvalue weighted by molar-refractivity contribution is 7.17.